The number of hydrogen-bond donors (Lipinski definition) is 3. The largest absolute Gasteiger partial charge is 0.504 e. The first-order chi connectivity index (χ1) is 16.9. The Balaban J connectivity index is 1.55. The maximum absolute atomic E-state index is 12.8. The van der Waals surface area contributed by atoms with Crippen molar-refractivity contribution in [2.75, 3.05) is 46.4 Å². The summed E-state index contributed by atoms with van der Waals surface area (Å²) in [5.74, 6) is -0.252. The van der Waals surface area contributed by atoms with Crippen molar-refractivity contribution in [2.45, 2.75) is 13.0 Å². The fourth-order valence-electron chi connectivity index (χ4n) is 4.21. The third kappa shape index (κ3) is 5.24. The van der Waals surface area contributed by atoms with Crippen LogP contribution in [0.15, 0.2) is 52.3 Å². The van der Waals surface area contributed by atoms with Gasteiger partial charge in [-0.05, 0) is 36.8 Å². The van der Waals surface area contributed by atoms with E-state index in [9.17, 15) is 19.5 Å². The molecule has 11 nitrogen and oxygen atoms in total. The number of phenolic OH excluding ortho intramolecular Hbond substituents is 1. The minimum absolute atomic E-state index is 0.0401. The highest BCUT2D eigenvalue weighted by Crippen LogP contribution is 2.34. The highest BCUT2D eigenvalue weighted by atomic mass is 16.5. The lowest BCUT2D eigenvalue weighted by Gasteiger charge is -2.36. The average Bonchev–Trinajstić information content (AvgIpc) is 3.40. The molecule has 3 heterocycles. The van der Waals surface area contributed by atoms with Gasteiger partial charge in [0.05, 0.1) is 31.6 Å². The summed E-state index contributed by atoms with van der Waals surface area (Å²) in [4.78, 5) is 41.6. The fraction of sp³-hybridized carbons (Fsp3) is 0.375. The minimum Gasteiger partial charge on any atom is -0.504 e. The molecule has 0 aliphatic carbocycles. The number of carbonyl (C=O) groups is 3. The zero-order valence-corrected chi connectivity index (χ0v) is 19.6. The van der Waals surface area contributed by atoms with Gasteiger partial charge in [-0.15, -0.1) is 0 Å². The summed E-state index contributed by atoms with van der Waals surface area (Å²) in [6.45, 7) is 4.47. The maximum Gasteiger partial charge on any atom is 0.338 e. The van der Waals surface area contributed by atoms with Gasteiger partial charge in [0.1, 0.15) is 0 Å². The molecule has 1 atom stereocenters. The molecule has 0 spiro atoms. The Kier molecular flexibility index (Phi) is 7.25. The zero-order chi connectivity index (χ0) is 24.9. The van der Waals surface area contributed by atoms with Crippen molar-refractivity contribution in [3.05, 3.63) is 59.2 Å². The summed E-state index contributed by atoms with van der Waals surface area (Å²) >= 11 is 0. The summed E-state index contributed by atoms with van der Waals surface area (Å²) in [6, 6.07) is 6.71. The van der Waals surface area contributed by atoms with Crippen LogP contribution in [0.25, 0.3) is 0 Å². The van der Waals surface area contributed by atoms with Gasteiger partial charge in [-0.3, -0.25) is 9.69 Å². The summed E-state index contributed by atoms with van der Waals surface area (Å²) in [5.41, 5.74) is 1.24. The lowest BCUT2D eigenvalue weighted by Crippen LogP contribution is -2.52. The summed E-state index contributed by atoms with van der Waals surface area (Å²) in [6.07, 6.45) is 1.46. The molecule has 0 bridgehead atoms. The summed E-state index contributed by atoms with van der Waals surface area (Å²) < 4.78 is 15.7. The van der Waals surface area contributed by atoms with E-state index in [1.165, 1.54) is 19.4 Å². The highest BCUT2D eigenvalue weighted by Gasteiger charge is 2.35. The lowest BCUT2D eigenvalue weighted by atomic mass is 9.94. The normalized spacial score (nSPS) is 18.6. The molecule has 1 unspecified atom stereocenters. The Morgan fingerprint density at radius 1 is 1.20 bits per heavy atom. The monoisotopic (exact) mass is 484 g/mol. The molecule has 0 radical (unpaired) electrons. The van der Waals surface area contributed by atoms with Crippen LogP contribution in [0.1, 0.15) is 29.1 Å². The minimum atomic E-state index is -0.798. The molecule has 2 aliphatic heterocycles. The number of benzene rings is 1. The second kappa shape index (κ2) is 10.5. The molecular weight excluding hydrogens is 456 g/mol. The van der Waals surface area contributed by atoms with E-state index in [4.69, 9.17) is 13.9 Å². The second-order valence-corrected chi connectivity index (χ2v) is 8.12. The number of furan rings is 1. The molecule has 1 aromatic carbocycles. The molecule has 2 aliphatic rings. The quantitative estimate of drug-likeness (QED) is 0.505. The van der Waals surface area contributed by atoms with Crippen LogP contribution in [0.2, 0.25) is 0 Å². The van der Waals surface area contributed by atoms with Crippen molar-refractivity contribution < 1.29 is 33.4 Å². The lowest BCUT2D eigenvalue weighted by molar-refractivity contribution is -0.136. The van der Waals surface area contributed by atoms with Gasteiger partial charge in [0, 0.05) is 38.4 Å². The molecule has 1 saturated heterocycles. The molecule has 186 valence electrons. The number of ether oxygens (including phenoxy) is 2. The number of phenols is 1. The first-order valence-corrected chi connectivity index (χ1v) is 11.3. The van der Waals surface area contributed by atoms with Crippen LogP contribution in [-0.4, -0.2) is 79.3 Å². The molecular formula is C24H28N4O7. The third-order valence-corrected chi connectivity index (χ3v) is 5.95. The van der Waals surface area contributed by atoms with Gasteiger partial charge in [-0.1, -0.05) is 6.07 Å². The van der Waals surface area contributed by atoms with Gasteiger partial charge in [0.2, 0.25) is 0 Å². The molecule has 2 aromatic rings. The van der Waals surface area contributed by atoms with Crippen LogP contribution in [0.5, 0.6) is 11.5 Å². The average molecular weight is 485 g/mol. The fourth-order valence-corrected chi connectivity index (χ4v) is 4.21. The van der Waals surface area contributed by atoms with E-state index in [2.05, 4.69) is 15.5 Å². The molecule has 1 aromatic heterocycles. The molecule has 1 fully saturated rings. The van der Waals surface area contributed by atoms with Crippen LogP contribution in [0, 0.1) is 0 Å². The number of hydrogen-bond acceptors (Lipinski definition) is 8. The van der Waals surface area contributed by atoms with Gasteiger partial charge in [0.15, 0.2) is 17.3 Å². The number of amides is 3. The van der Waals surface area contributed by atoms with E-state index in [1.54, 1.807) is 36.1 Å². The predicted octanol–water partition coefficient (Wildman–Crippen LogP) is 1.62. The second-order valence-electron chi connectivity index (χ2n) is 8.12. The van der Waals surface area contributed by atoms with Crippen molar-refractivity contribution in [1.82, 2.24) is 20.4 Å². The zero-order valence-electron chi connectivity index (χ0n) is 19.6. The third-order valence-electron chi connectivity index (χ3n) is 5.95. The van der Waals surface area contributed by atoms with Crippen LogP contribution in [0.3, 0.4) is 0 Å². The van der Waals surface area contributed by atoms with Gasteiger partial charge in [0.25, 0.3) is 5.91 Å². The van der Waals surface area contributed by atoms with Crippen molar-refractivity contribution in [3.63, 3.8) is 0 Å². The number of methoxy groups -OCH3 is 1. The number of nitrogens with zero attached hydrogens (tertiary/aromatic N) is 2. The Bertz CT molecular complexity index is 1120. The smallest absolute Gasteiger partial charge is 0.338 e. The molecule has 4 rings (SSSR count). The van der Waals surface area contributed by atoms with E-state index in [0.717, 1.165) is 0 Å². The molecule has 3 amide bonds. The number of esters is 1. The number of carbonyl (C=O) groups excluding carboxylic acids is 3. The summed E-state index contributed by atoms with van der Waals surface area (Å²) in [5, 5.41) is 15.6. The van der Waals surface area contributed by atoms with E-state index in [0.29, 0.717) is 49.8 Å². The summed E-state index contributed by atoms with van der Waals surface area (Å²) in [7, 11) is 1.28. The van der Waals surface area contributed by atoms with Crippen molar-refractivity contribution in [1.29, 1.82) is 0 Å². The highest BCUT2D eigenvalue weighted by molar-refractivity contribution is 5.95. The van der Waals surface area contributed by atoms with Gasteiger partial charge < -0.3 is 34.5 Å². The van der Waals surface area contributed by atoms with Crippen molar-refractivity contribution >= 4 is 17.9 Å². The van der Waals surface area contributed by atoms with Gasteiger partial charge in [-0.2, -0.15) is 0 Å². The molecule has 3 N–H and O–H groups in total. The predicted molar refractivity (Wildman–Crippen MR) is 124 cm³/mol. The Labute approximate surface area is 202 Å². The van der Waals surface area contributed by atoms with Crippen LogP contribution in [0.4, 0.5) is 4.79 Å². The Morgan fingerprint density at radius 3 is 2.63 bits per heavy atom. The number of nitrogens with one attached hydrogen (secondary N) is 2. The number of aromatic hydroxyl groups is 1. The van der Waals surface area contributed by atoms with E-state index >= 15 is 0 Å². The Morgan fingerprint density at radius 2 is 1.97 bits per heavy atom. The maximum atomic E-state index is 12.8. The SMILES string of the molecule is CCOc1cc(C2NC(=O)NC(CN3CCN(C(=O)c4ccco4)CC3)=C2C(=O)OC)ccc1O. The van der Waals surface area contributed by atoms with Crippen LogP contribution < -0.4 is 15.4 Å². The van der Waals surface area contributed by atoms with Gasteiger partial charge >= 0.3 is 12.0 Å². The molecule has 11 heteroatoms. The van der Waals surface area contributed by atoms with E-state index in [1.807, 2.05) is 0 Å². The van der Waals surface area contributed by atoms with Crippen molar-refractivity contribution in [2.24, 2.45) is 0 Å². The van der Waals surface area contributed by atoms with Crippen LogP contribution >= 0.6 is 0 Å². The van der Waals surface area contributed by atoms with Crippen LogP contribution in [-0.2, 0) is 9.53 Å². The topological polar surface area (TPSA) is 134 Å². The van der Waals surface area contributed by atoms with Gasteiger partial charge in [-0.25, -0.2) is 9.59 Å². The van der Waals surface area contributed by atoms with E-state index in [-0.39, 0.29) is 29.5 Å². The van der Waals surface area contributed by atoms with Crippen molar-refractivity contribution in [3.8, 4) is 11.5 Å². The Hall–Kier alpha value is -3.99. The number of piperazine rings is 1. The first kappa shape index (κ1) is 24.1. The number of urea groups is 1. The standard InChI is InChI=1S/C24H28N4O7/c1-3-34-19-13-15(6-7-17(19)29)21-20(23(31)33-2)16(25-24(32)26-21)14-27-8-10-28(11-9-27)22(30)18-5-4-12-35-18/h4-7,12-13,21,29H,3,8-11,14H2,1-2H3,(H2,25,26,32). The first-order valence-electron chi connectivity index (χ1n) is 11.3. The number of rotatable bonds is 7. The molecule has 35 heavy (non-hydrogen) atoms. The van der Waals surface area contributed by atoms with E-state index < -0.39 is 18.0 Å². The molecule has 0 saturated carbocycles.